The number of benzene rings is 2. The second kappa shape index (κ2) is 14.3. The zero-order valence-electron chi connectivity index (χ0n) is 24.5. The zero-order valence-corrected chi connectivity index (χ0v) is 26.0. The molecule has 0 radical (unpaired) electrons. The molecule has 1 aliphatic carbocycles. The first-order valence-electron chi connectivity index (χ1n) is 14.4. The van der Waals surface area contributed by atoms with Crippen LogP contribution in [0.1, 0.15) is 65.9 Å². The van der Waals surface area contributed by atoms with Crippen molar-refractivity contribution < 1.29 is 18.0 Å². The number of nitrogens with one attached hydrogen (secondary N) is 2. The van der Waals surface area contributed by atoms with Crippen LogP contribution in [0, 0.1) is 5.92 Å². The average Bonchev–Trinajstić information content (AvgIpc) is 3.61. The number of carbonyl (C=O) groups excluding carboxylic acids is 2. The van der Waals surface area contributed by atoms with E-state index in [2.05, 4.69) is 20.6 Å². The quantitative estimate of drug-likeness (QED) is 0.263. The number of carbonyl (C=O) groups is 2. The lowest BCUT2D eigenvalue weighted by atomic mass is 9.87. The van der Waals surface area contributed by atoms with E-state index in [9.17, 15) is 18.0 Å². The van der Waals surface area contributed by atoms with Crippen LogP contribution in [0.5, 0.6) is 0 Å². The van der Waals surface area contributed by atoms with Crippen LogP contribution in [0.2, 0.25) is 5.02 Å². The maximum Gasteiger partial charge on any atom is 0.251 e. The Labute approximate surface area is 253 Å². The number of hydrogen-bond donors (Lipinski definition) is 2. The van der Waals surface area contributed by atoms with Crippen molar-refractivity contribution in [2.75, 3.05) is 38.8 Å². The summed E-state index contributed by atoms with van der Waals surface area (Å²) < 4.78 is 25.8. The van der Waals surface area contributed by atoms with Gasteiger partial charge in [-0.05, 0) is 74.8 Å². The monoisotopic (exact) mass is 613 g/mol. The van der Waals surface area contributed by atoms with E-state index in [0.29, 0.717) is 42.4 Å². The first kappa shape index (κ1) is 31.7. The molecule has 1 aromatic heterocycles. The Morgan fingerprint density at radius 3 is 2.45 bits per heavy atom. The van der Waals surface area contributed by atoms with Gasteiger partial charge < -0.3 is 15.5 Å². The summed E-state index contributed by atoms with van der Waals surface area (Å²) >= 11 is 6.34. The number of nitrogens with zero attached hydrogens (tertiary/aromatic N) is 3. The van der Waals surface area contributed by atoms with E-state index in [1.807, 2.05) is 26.2 Å². The Morgan fingerprint density at radius 1 is 1.10 bits per heavy atom. The van der Waals surface area contributed by atoms with Crippen molar-refractivity contribution in [3.05, 3.63) is 76.4 Å². The second-order valence-electron chi connectivity index (χ2n) is 11.4. The van der Waals surface area contributed by atoms with Crippen LogP contribution in [-0.4, -0.2) is 68.4 Å². The lowest BCUT2D eigenvalue weighted by molar-refractivity contribution is -0.118. The molecule has 1 aliphatic rings. The Hall–Kier alpha value is -3.21. The molecule has 1 atom stereocenters. The van der Waals surface area contributed by atoms with Crippen LogP contribution >= 0.6 is 11.6 Å². The maximum atomic E-state index is 13.5. The molecule has 0 aliphatic heterocycles. The molecule has 226 valence electrons. The van der Waals surface area contributed by atoms with Crippen molar-refractivity contribution in [3.63, 3.8) is 0 Å². The van der Waals surface area contributed by atoms with Gasteiger partial charge in [0.2, 0.25) is 5.91 Å². The summed E-state index contributed by atoms with van der Waals surface area (Å²) in [6.07, 6.45) is 8.92. The summed E-state index contributed by atoms with van der Waals surface area (Å²) in [4.78, 5) is 28.1. The number of sulfone groups is 1. The van der Waals surface area contributed by atoms with Crippen molar-refractivity contribution in [1.29, 1.82) is 0 Å². The fourth-order valence-corrected chi connectivity index (χ4v) is 6.72. The molecule has 1 heterocycles. The number of rotatable bonds is 13. The van der Waals surface area contributed by atoms with Gasteiger partial charge in [-0.1, -0.05) is 55.5 Å². The fourth-order valence-electron chi connectivity index (χ4n) is 5.39. The van der Waals surface area contributed by atoms with Gasteiger partial charge in [0, 0.05) is 30.6 Å². The Balaban J connectivity index is 1.39. The lowest BCUT2D eigenvalue weighted by Crippen LogP contribution is -2.27. The van der Waals surface area contributed by atoms with Crippen LogP contribution in [0.4, 0.5) is 5.82 Å². The first-order chi connectivity index (χ1) is 20.0. The topological polar surface area (TPSA) is 113 Å². The van der Waals surface area contributed by atoms with E-state index in [1.54, 1.807) is 41.2 Å². The van der Waals surface area contributed by atoms with Crippen LogP contribution in [0.3, 0.4) is 0 Å². The van der Waals surface area contributed by atoms with Gasteiger partial charge in [0.25, 0.3) is 5.91 Å². The van der Waals surface area contributed by atoms with Gasteiger partial charge in [0.15, 0.2) is 15.7 Å². The zero-order chi connectivity index (χ0) is 30.3. The summed E-state index contributed by atoms with van der Waals surface area (Å²) in [5.41, 5.74) is 2.27. The molecule has 1 fully saturated rings. The molecular formula is C31H40ClN5O4S. The molecule has 1 unspecified atom stereocenters. The Bertz CT molecular complexity index is 1480. The minimum atomic E-state index is -3.47. The molecule has 2 amide bonds. The molecular weight excluding hydrogens is 574 g/mol. The third-order valence-electron chi connectivity index (χ3n) is 7.64. The van der Waals surface area contributed by atoms with E-state index >= 15 is 0 Å². The van der Waals surface area contributed by atoms with Crippen LogP contribution < -0.4 is 10.6 Å². The lowest BCUT2D eigenvalue weighted by Gasteiger charge is -2.21. The third kappa shape index (κ3) is 8.89. The highest BCUT2D eigenvalue weighted by molar-refractivity contribution is 7.90. The highest BCUT2D eigenvalue weighted by Gasteiger charge is 2.28. The van der Waals surface area contributed by atoms with Gasteiger partial charge in [0.1, 0.15) is 0 Å². The molecule has 42 heavy (non-hydrogen) atoms. The van der Waals surface area contributed by atoms with Gasteiger partial charge in [-0.15, -0.1) is 0 Å². The second-order valence-corrected chi connectivity index (χ2v) is 13.8. The number of anilines is 1. The summed E-state index contributed by atoms with van der Waals surface area (Å²) in [7, 11) is 0.539. The van der Waals surface area contributed by atoms with E-state index in [4.69, 9.17) is 11.6 Å². The summed E-state index contributed by atoms with van der Waals surface area (Å²) in [6.45, 7) is 2.02. The molecule has 4 rings (SSSR count). The van der Waals surface area contributed by atoms with E-state index < -0.39 is 15.8 Å². The standard InChI is InChI=1S/C31H40ClN5O4S/c1-36(2)17-6-16-33-30(38)24-11-9-23(10-12-24)21-37-18-15-29(35-37)34-31(39)26(19-22-7-4-5-8-22)25-13-14-28(27(32)20-25)42(3,40)41/h9-15,18,20,22,26H,4-8,16-17,19,21H2,1-3H3,(H,33,38)(H,34,35,39). The SMILES string of the molecule is CN(C)CCCNC(=O)c1ccc(Cn2ccc(NC(=O)C(CC3CCCC3)c3ccc(S(C)(=O)=O)c(Cl)c3)n2)cc1. The minimum Gasteiger partial charge on any atom is -0.352 e. The smallest absolute Gasteiger partial charge is 0.251 e. The number of halogens is 1. The summed E-state index contributed by atoms with van der Waals surface area (Å²) in [6, 6.07) is 13.9. The van der Waals surface area contributed by atoms with Crippen molar-refractivity contribution >= 4 is 39.1 Å². The molecule has 2 aromatic carbocycles. The molecule has 11 heteroatoms. The highest BCUT2D eigenvalue weighted by Crippen LogP contribution is 2.36. The first-order valence-corrected chi connectivity index (χ1v) is 16.6. The van der Waals surface area contributed by atoms with Gasteiger partial charge >= 0.3 is 0 Å². The Kier molecular flexibility index (Phi) is 10.8. The van der Waals surface area contributed by atoms with Crippen molar-refractivity contribution in [3.8, 4) is 0 Å². The third-order valence-corrected chi connectivity index (χ3v) is 9.22. The van der Waals surface area contributed by atoms with Gasteiger partial charge in [0.05, 0.1) is 22.4 Å². The largest absolute Gasteiger partial charge is 0.352 e. The van der Waals surface area contributed by atoms with Crippen LogP contribution in [0.25, 0.3) is 0 Å². The van der Waals surface area contributed by atoms with Gasteiger partial charge in [-0.3, -0.25) is 14.3 Å². The molecule has 0 spiro atoms. The predicted octanol–water partition coefficient (Wildman–Crippen LogP) is 4.97. The normalized spacial score (nSPS) is 14.7. The van der Waals surface area contributed by atoms with E-state index in [1.165, 1.54) is 6.07 Å². The molecule has 1 saturated carbocycles. The highest BCUT2D eigenvalue weighted by atomic mass is 35.5. The van der Waals surface area contributed by atoms with E-state index in [0.717, 1.165) is 50.5 Å². The van der Waals surface area contributed by atoms with Crippen LogP contribution in [-0.2, 0) is 21.2 Å². The van der Waals surface area contributed by atoms with E-state index in [-0.39, 0.29) is 21.7 Å². The summed E-state index contributed by atoms with van der Waals surface area (Å²) in [5.74, 6) is 0.0877. The summed E-state index contributed by atoms with van der Waals surface area (Å²) in [5, 5.41) is 10.6. The minimum absolute atomic E-state index is 0.0559. The number of hydrogen-bond acceptors (Lipinski definition) is 6. The molecule has 9 nitrogen and oxygen atoms in total. The van der Waals surface area contributed by atoms with Crippen LogP contribution in [0.15, 0.2) is 59.6 Å². The number of aromatic nitrogens is 2. The molecule has 3 aromatic rings. The van der Waals surface area contributed by atoms with Crippen molar-refractivity contribution in [2.45, 2.75) is 55.9 Å². The fraction of sp³-hybridized carbons (Fsp3) is 0.452. The van der Waals surface area contributed by atoms with Gasteiger partial charge in [-0.2, -0.15) is 5.10 Å². The van der Waals surface area contributed by atoms with Gasteiger partial charge in [-0.25, -0.2) is 8.42 Å². The molecule has 0 bridgehead atoms. The molecule has 2 N–H and O–H groups in total. The Morgan fingerprint density at radius 2 is 1.81 bits per heavy atom. The van der Waals surface area contributed by atoms with Crippen molar-refractivity contribution in [1.82, 2.24) is 20.0 Å². The maximum absolute atomic E-state index is 13.5. The van der Waals surface area contributed by atoms with Crippen molar-refractivity contribution in [2.24, 2.45) is 5.92 Å². The number of amides is 2. The molecule has 0 saturated heterocycles. The predicted molar refractivity (Wildman–Crippen MR) is 166 cm³/mol. The average molecular weight is 614 g/mol.